The third kappa shape index (κ3) is 2.37. The average molecular weight is 186 g/mol. The van der Waals surface area contributed by atoms with E-state index in [1.54, 1.807) is 6.66 Å². The molecule has 0 bridgehead atoms. The lowest BCUT2D eigenvalue weighted by atomic mass is 9.89. The molecule has 0 saturated carbocycles. The Bertz CT molecular complexity index is 262. The van der Waals surface area contributed by atoms with Gasteiger partial charge in [0.15, 0.2) is 0 Å². The first-order chi connectivity index (χ1) is 5.35. The summed E-state index contributed by atoms with van der Waals surface area (Å²) < 4.78 is 17.0. The third-order valence-electron chi connectivity index (χ3n) is 1.99. The van der Waals surface area contributed by atoms with E-state index in [4.69, 9.17) is 10.9 Å². The molecule has 2 unspecified atom stereocenters. The molecule has 1 aliphatic heterocycles. The normalized spacial score (nSPS) is 40.3. The highest BCUT2D eigenvalue weighted by atomic mass is 31.2. The van der Waals surface area contributed by atoms with E-state index in [-0.39, 0.29) is 11.5 Å². The van der Waals surface area contributed by atoms with Crippen molar-refractivity contribution in [3.63, 3.8) is 0 Å². The van der Waals surface area contributed by atoms with Gasteiger partial charge in [0.1, 0.15) is 6.10 Å². The standard InChI is InChI=1S/C9H15O2P/c1-5-8-6-9(2,3)7-12(4,10)11-8/h1,8H,6-7H2,2-4H3. The van der Waals surface area contributed by atoms with Crippen molar-refractivity contribution in [3.8, 4) is 12.3 Å². The first-order valence-electron chi connectivity index (χ1n) is 4.06. The van der Waals surface area contributed by atoms with E-state index >= 15 is 0 Å². The van der Waals surface area contributed by atoms with E-state index in [1.807, 2.05) is 0 Å². The van der Waals surface area contributed by atoms with Gasteiger partial charge in [0, 0.05) is 12.8 Å². The largest absolute Gasteiger partial charge is 0.312 e. The van der Waals surface area contributed by atoms with Gasteiger partial charge in [-0.25, -0.2) is 0 Å². The van der Waals surface area contributed by atoms with Gasteiger partial charge in [-0.2, -0.15) is 0 Å². The summed E-state index contributed by atoms with van der Waals surface area (Å²) in [6.45, 7) is 5.82. The zero-order valence-corrected chi connectivity index (χ0v) is 8.73. The van der Waals surface area contributed by atoms with Crippen LogP contribution in [0.4, 0.5) is 0 Å². The average Bonchev–Trinajstić information content (AvgIpc) is 1.80. The van der Waals surface area contributed by atoms with E-state index in [0.717, 1.165) is 6.42 Å². The van der Waals surface area contributed by atoms with E-state index < -0.39 is 7.37 Å². The lowest BCUT2D eigenvalue weighted by Gasteiger charge is -2.36. The Labute approximate surface area is 74.1 Å². The lowest BCUT2D eigenvalue weighted by Crippen LogP contribution is -2.30. The Kier molecular flexibility index (Phi) is 2.38. The van der Waals surface area contributed by atoms with Gasteiger partial charge >= 0.3 is 0 Å². The monoisotopic (exact) mass is 186 g/mol. The van der Waals surface area contributed by atoms with Gasteiger partial charge in [0.25, 0.3) is 0 Å². The molecule has 3 heteroatoms. The summed E-state index contributed by atoms with van der Waals surface area (Å²) in [5.41, 5.74) is 0.0551. The second-order valence-electron chi connectivity index (χ2n) is 4.30. The van der Waals surface area contributed by atoms with Gasteiger partial charge in [-0.15, -0.1) is 6.42 Å². The van der Waals surface area contributed by atoms with Crippen LogP contribution in [0.2, 0.25) is 0 Å². The van der Waals surface area contributed by atoms with Gasteiger partial charge in [-0.05, 0) is 11.8 Å². The smallest absolute Gasteiger partial charge is 0.201 e. The molecule has 68 valence electrons. The first-order valence-corrected chi connectivity index (χ1v) is 6.31. The molecular formula is C9H15O2P. The molecule has 1 fully saturated rings. The Morgan fingerprint density at radius 3 is 2.67 bits per heavy atom. The van der Waals surface area contributed by atoms with Gasteiger partial charge in [-0.1, -0.05) is 19.8 Å². The van der Waals surface area contributed by atoms with Crippen LogP contribution in [0.25, 0.3) is 0 Å². The van der Waals surface area contributed by atoms with Crippen LogP contribution >= 0.6 is 7.37 Å². The molecule has 0 aliphatic carbocycles. The second-order valence-corrected chi connectivity index (χ2v) is 6.86. The van der Waals surface area contributed by atoms with Crippen LogP contribution in [0.1, 0.15) is 20.3 Å². The highest BCUT2D eigenvalue weighted by molar-refractivity contribution is 7.58. The molecule has 0 N–H and O–H groups in total. The minimum atomic E-state index is -2.42. The SMILES string of the molecule is C#CC1CC(C)(C)CP(C)(=O)O1. The summed E-state index contributed by atoms with van der Waals surface area (Å²) in [5, 5.41) is 0. The number of hydrogen-bond donors (Lipinski definition) is 0. The summed E-state index contributed by atoms with van der Waals surface area (Å²) in [5.74, 6) is 2.52. The molecule has 1 aliphatic rings. The predicted molar refractivity (Wildman–Crippen MR) is 50.5 cm³/mol. The minimum absolute atomic E-state index is 0.0551. The summed E-state index contributed by atoms with van der Waals surface area (Å²) in [6.07, 6.45) is 6.43. The maximum absolute atomic E-state index is 11.7. The van der Waals surface area contributed by atoms with E-state index in [2.05, 4.69) is 19.8 Å². The van der Waals surface area contributed by atoms with Crippen molar-refractivity contribution in [2.75, 3.05) is 12.8 Å². The van der Waals surface area contributed by atoms with Crippen LogP contribution in [0, 0.1) is 17.8 Å². The van der Waals surface area contributed by atoms with Gasteiger partial charge < -0.3 is 4.52 Å². The molecule has 2 atom stereocenters. The van der Waals surface area contributed by atoms with Crippen molar-refractivity contribution in [1.82, 2.24) is 0 Å². The first kappa shape index (κ1) is 9.84. The highest BCUT2D eigenvalue weighted by Gasteiger charge is 2.38. The highest BCUT2D eigenvalue weighted by Crippen LogP contribution is 2.54. The van der Waals surface area contributed by atoms with Crippen LogP contribution in [-0.2, 0) is 9.09 Å². The molecule has 1 saturated heterocycles. The fourth-order valence-electron chi connectivity index (χ4n) is 1.78. The molecule has 0 radical (unpaired) electrons. The number of rotatable bonds is 0. The molecule has 0 aromatic carbocycles. The summed E-state index contributed by atoms with van der Waals surface area (Å²) >= 11 is 0. The zero-order valence-electron chi connectivity index (χ0n) is 7.83. The second kappa shape index (κ2) is 2.91. The van der Waals surface area contributed by atoms with Crippen LogP contribution in [-0.4, -0.2) is 18.9 Å². The molecule has 1 heterocycles. The van der Waals surface area contributed by atoms with Crippen molar-refractivity contribution < 1.29 is 9.09 Å². The van der Waals surface area contributed by atoms with Gasteiger partial charge in [0.2, 0.25) is 7.37 Å². The molecule has 12 heavy (non-hydrogen) atoms. The van der Waals surface area contributed by atoms with E-state index in [0.29, 0.717) is 6.16 Å². The van der Waals surface area contributed by atoms with Gasteiger partial charge in [0.05, 0.1) is 0 Å². The third-order valence-corrected chi connectivity index (χ3v) is 4.12. The van der Waals surface area contributed by atoms with Crippen molar-refractivity contribution in [3.05, 3.63) is 0 Å². The summed E-state index contributed by atoms with van der Waals surface area (Å²) in [6, 6.07) is 0. The molecule has 2 nitrogen and oxygen atoms in total. The fourth-order valence-corrected chi connectivity index (χ4v) is 4.21. The Hall–Kier alpha value is -0.250. The molecule has 1 rings (SSSR count). The van der Waals surface area contributed by atoms with Crippen LogP contribution in [0.5, 0.6) is 0 Å². The van der Waals surface area contributed by atoms with E-state index in [1.165, 1.54) is 0 Å². The Balaban J connectivity index is 2.82. The van der Waals surface area contributed by atoms with Crippen molar-refractivity contribution >= 4 is 7.37 Å². The summed E-state index contributed by atoms with van der Waals surface area (Å²) in [7, 11) is -2.42. The lowest BCUT2D eigenvalue weighted by molar-refractivity contribution is 0.161. The number of hydrogen-bond acceptors (Lipinski definition) is 2. The molecule has 0 aromatic heterocycles. The fraction of sp³-hybridized carbons (Fsp3) is 0.778. The van der Waals surface area contributed by atoms with Gasteiger partial charge in [-0.3, -0.25) is 4.57 Å². The number of terminal acetylenes is 1. The van der Waals surface area contributed by atoms with Crippen molar-refractivity contribution in [1.29, 1.82) is 0 Å². The maximum atomic E-state index is 11.7. The topological polar surface area (TPSA) is 26.3 Å². The van der Waals surface area contributed by atoms with Crippen LogP contribution in [0.15, 0.2) is 0 Å². The molecule has 0 amide bonds. The maximum Gasteiger partial charge on any atom is 0.201 e. The zero-order chi connectivity index (χ0) is 9.41. The minimum Gasteiger partial charge on any atom is -0.312 e. The molecular weight excluding hydrogens is 171 g/mol. The Morgan fingerprint density at radius 2 is 2.25 bits per heavy atom. The molecule has 0 spiro atoms. The van der Waals surface area contributed by atoms with Crippen LogP contribution in [0.3, 0.4) is 0 Å². The van der Waals surface area contributed by atoms with Crippen LogP contribution < -0.4 is 0 Å². The van der Waals surface area contributed by atoms with E-state index in [9.17, 15) is 4.57 Å². The predicted octanol–water partition coefficient (Wildman–Crippen LogP) is 2.34. The quantitative estimate of drug-likeness (QED) is 0.428. The summed E-state index contributed by atoms with van der Waals surface area (Å²) in [4.78, 5) is 0. The van der Waals surface area contributed by atoms with Crippen molar-refractivity contribution in [2.45, 2.75) is 26.4 Å². The van der Waals surface area contributed by atoms with Crippen molar-refractivity contribution in [2.24, 2.45) is 5.41 Å². The molecule has 0 aromatic rings. The Morgan fingerprint density at radius 1 is 1.67 bits per heavy atom.